The molecule has 25 heavy (non-hydrogen) atoms. The summed E-state index contributed by atoms with van der Waals surface area (Å²) in [5, 5.41) is 3.28. The van der Waals surface area contributed by atoms with Crippen LogP contribution in [0.15, 0.2) is 0 Å². The van der Waals surface area contributed by atoms with Crippen molar-refractivity contribution in [1.82, 2.24) is 5.32 Å². The Bertz CT molecular complexity index is 501. The molecule has 5 fully saturated rings. The molecule has 0 aromatic rings. The summed E-state index contributed by atoms with van der Waals surface area (Å²) in [6.07, 6.45) is 9.02. The van der Waals surface area contributed by atoms with Crippen LogP contribution in [0.5, 0.6) is 0 Å². The fraction of sp³-hybridized carbons (Fsp3) is 0.950. The predicted molar refractivity (Wildman–Crippen MR) is 102 cm³/mol. The van der Waals surface area contributed by atoms with Gasteiger partial charge < -0.3 is 15.8 Å². The van der Waals surface area contributed by atoms with E-state index in [2.05, 4.69) is 19.2 Å². The quantitative estimate of drug-likeness (QED) is 0.780. The van der Waals surface area contributed by atoms with Crippen molar-refractivity contribution in [2.75, 3.05) is 13.2 Å². The summed E-state index contributed by atoms with van der Waals surface area (Å²) < 4.78 is 5.76. The van der Waals surface area contributed by atoms with Crippen LogP contribution in [0.25, 0.3) is 0 Å². The van der Waals surface area contributed by atoms with Gasteiger partial charge in [0.2, 0.25) is 5.91 Å². The van der Waals surface area contributed by atoms with Crippen molar-refractivity contribution < 1.29 is 9.53 Å². The normalized spacial score (nSPS) is 46.2. The van der Waals surface area contributed by atoms with E-state index in [-0.39, 0.29) is 29.8 Å². The maximum absolute atomic E-state index is 12.9. The maximum Gasteiger partial charge on any atom is 0.240 e. The highest BCUT2D eigenvalue weighted by Crippen LogP contribution is 2.60. The number of nitrogens with one attached hydrogen (secondary N) is 1. The van der Waals surface area contributed by atoms with Crippen molar-refractivity contribution in [3.8, 4) is 0 Å². The molecule has 5 saturated carbocycles. The summed E-state index contributed by atoms with van der Waals surface area (Å²) in [4.78, 5) is 12.9. The van der Waals surface area contributed by atoms with E-state index >= 15 is 0 Å². The SMILES string of the molecule is CCOC1CC(N)(C(=O)NCC23CC4CC(CC(C4)C2)C3)C1(C)C.Cl. The summed E-state index contributed by atoms with van der Waals surface area (Å²) >= 11 is 0. The first-order chi connectivity index (χ1) is 11.3. The third kappa shape index (κ3) is 2.93. The van der Waals surface area contributed by atoms with Crippen LogP contribution in [-0.2, 0) is 9.53 Å². The lowest BCUT2D eigenvalue weighted by atomic mass is 9.49. The monoisotopic (exact) mass is 370 g/mol. The van der Waals surface area contributed by atoms with Crippen LogP contribution in [0, 0.1) is 28.6 Å². The van der Waals surface area contributed by atoms with Crippen LogP contribution in [0.2, 0.25) is 0 Å². The van der Waals surface area contributed by atoms with Gasteiger partial charge in [-0.15, -0.1) is 12.4 Å². The predicted octanol–water partition coefficient (Wildman–Crippen LogP) is 3.27. The molecule has 0 spiro atoms. The second kappa shape index (κ2) is 6.38. The summed E-state index contributed by atoms with van der Waals surface area (Å²) in [5.41, 5.74) is 5.82. The van der Waals surface area contributed by atoms with Gasteiger partial charge in [-0.05, 0) is 68.6 Å². The summed E-state index contributed by atoms with van der Waals surface area (Å²) in [5.74, 6) is 2.80. The van der Waals surface area contributed by atoms with E-state index in [1.165, 1.54) is 38.5 Å². The topological polar surface area (TPSA) is 64.3 Å². The molecule has 5 rings (SSSR count). The van der Waals surface area contributed by atoms with Gasteiger partial charge in [-0.3, -0.25) is 4.79 Å². The number of hydrogen-bond donors (Lipinski definition) is 2. The molecular weight excluding hydrogens is 336 g/mol. The van der Waals surface area contributed by atoms with E-state index < -0.39 is 5.54 Å². The van der Waals surface area contributed by atoms with Crippen molar-refractivity contribution in [2.45, 2.75) is 77.4 Å². The number of rotatable bonds is 5. The lowest BCUT2D eigenvalue weighted by Crippen LogP contribution is -2.76. The number of halogens is 1. The average Bonchev–Trinajstić information content (AvgIpc) is 2.51. The molecule has 0 radical (unpaired) electrons. The number of hydrogen-bond acceptors (Lipinski definition) is 3. The highest BCUT2D eigenvalue weighted by atomic mass is 35.5. The first-order valence-corrected chi connectivity index (χ1v) is 9.97. The number of carbonyl (C=O) groups is 1. The molecule has 4 nitrogen and oxygen atoms in total. The summed E-state index contributed by atoms with van der Waals surface area (Å²) in [6.45, 7) is 7.66. The minimum absolute atomic E-state index is 0. The fourth-order valence-corrected chi connectivity index (χ4v) is 6.75. The molecule has 0 aromatic carbocycles. The summed E-state index contributed by atoms with van der Waals surface area (Å²) in [7, 11) is 0. The second-order valence-electron chi connectivity index (χ2n) is 9.94. The third-order valence-electron chi connectivity index (χ3n) is 8.02. The van der Waals surface area contributed by atoms with Gasteiger partial charge in [-0.2, -0.15) is 0 Å². The van der Waals surface area contributed by atoms with E-state index in [4.69, 9.17) is 10.5 Å². The molecule has 1 amide bonds. The Morgan fingerprint density at radius 2 is 1.60 bits per heavy atom. The standard InChI is InChI=1S/C20H34N2O2.ClH/c1-4-24-16-11-20(21,18(16,2)3)17(23)22-12-19-8-13-5-14(9-19)7-15(6-13)10-19;/h13-16H,4-12,21H2,1-3H3,(H,22,23);1H. The molecule has 2 atom stereocenters. The van der Waals surface area contributed by atoms with Crippen LogP contribution in [0.1, 0.15) is 65.7 Å². The van der Waals surface area contributed by atoms with Crippen LogP contribution >= 0.6 is 12.4 Å². The van der Waals surface area contributed by atoms with E-state index in [1.807, 2.05) is 6.92 Å². The van der Waals surface area contributed by atoms with Crippen LogP contribution in [-0.4, -0.2) is 30.7 Å². The molecule has 3 N–H and O–H groups in total. The molecule has 0 heterocycles. The summed E-state index contributed by atoms with van der Waals surface area (Å²) in [6, 6.07) is 0. The van der Waals surface area contributed by atoms with Crippen molar-refractivity contribution in [2.24, 2.45) is 34.3 Å². The highest BCUT2D eigenvalue weighted by molar-refractivity contribution is 5.88. The number of amides is 1. The molecule has 5 heteroatoms. The van der Waals surface area contributed by atoms with Crippen molar-refractivity contribution in [3.63, 3.8) is 0 Å². The van der Waals surface area contributed by atoms with Gasteiger partial charge in [0.25, 0.3) is 0 Å². The van der Waals surface area contributed by atoms with Crippen LogP contribution in [0.3, 0.4) is 0 Å². The Kier molecular flexibility index (Phi) is 4.96. The van der Waals surface area contributed by atoms with Gasteiger partial charge in [-0.1, -0.05) is 13.8 Å². The van der Waals surface area contributed by atoms with Crippen LogP contribution < -0.4 is 11.1 Å². The third-order valence-corrected chi connectivity index (χ3v) is 8.02. The van der Waals surface area contributed by atoms with Gasteiger partial charge in [0.1, 0.15) is 5.54 Å². The van der Waals surface area contributed by atoms with Crippen LogP contribution in [0.4, 0.5) is 0 Å². The van der Waals surface area contributed by atoms with E-state index in [1.54, 1.807) is 0 Å². The first kappa shape index (κ1) is 19.4. The van der Waals surface area contributed by atoms with E-state index in [0.29, 0.717) is 18.4 Å². The number of carbonyl (C=O) groups excluding carboxylic acids is 1. The highest BCUT2D eigenvalue weighted by Gasteiger charge is 2.63. The Balaban J connectivity index is 0.00000182. The molecule has 0 aromatic heterocycles. The Hall–Kier alpha value is -0.320. The second-order valence-corrected chi connectivity index (χ2v) is 9.94. The molecule has 5 aliphatic carbocycles. The molecule has 4 bridgehead atoms. The Morgan fingerprint density at radius 3 is 2.04 bits per heavy atom. The Morgan fingerprint density at radius 1 is 1.08 bits per heavy atom. The zero-order chi connectivity index (χ0) is 17.2. The number of ether oxygens (including phenoxy) is 1. The molecule has 0 saturated heterocycles. The minimum Gasteiger partial charge on any atom is -0.378 e. The molecular formula is C20H35ClN2O2. The van der Waals surface area contributed by atoms with Gasteiger partial charge >= 0.3 is 0 Å². The zero-order valence-electron chi connectivity index (χ0n) is 16.0. The lowest BCUT2D eigenvalue weighted by Gasteiger charge is -2.59. The Labute approximate surface area is 158 Å². The van der Waals surface area contributed by atoms with Gasteiger partial charge in [0.05, 0.1) is 6.10 Å². The first-order valence-electron chi connectivity index (χ1n) is 9.97. The minimum atomic E-state index is -0.783. The maximum atomic E-state index is 12.9. The van der Waals surface area contributed by atoms with Gasteiger partial charge in [0, 0.05) is 25.0 Å². The lowest BCUT2D eigenvalue weighted by molar-refractivity contribution is -0.171. The van der Waals surface area contributed by atoms with Crippen molar-refractivity contribution in [3.05, 3.63) is 0 Å². The average molecular weight is 371 g/mol. The molecule has 2 unspecified atom stereocenters. The molecule has 5 aliphatic rings. The van der Waals surface area contributed by atoms with Crippen molar-refractivity contribution in [1.29, 1.82) is 0 Å². The number of nitrogens with two attached hydrogens (primary N) is 1. The molecule has 144 valence electrons. The zero-order valence-corrected chi connectivity index (χ0v) is 16.8. The van der Waals surface area contributed by atoms with Crippen molar-refractivity contribution >= 4 is 18.3 Å². The van der Waals surface area contributed by atoms with E-state index in [9.17, 15) is 4.79 Å². The van der Waals surface area contributed by atoms with E-state index in [0.717, 1.165) is 24.3 Å². The largest absolute Gasteiger partial charge is 0.378 e. The smallest absolute Gasteiger partial charge is 0.240 e. The van der Waals surface area contributed by atoms with Gasteiger partial charge in [-0.25, -0.2) is 0 Å². The molecule has 0 aliphatic heterocycles. The fourth-order valence-electron chi connectivity index (χ4n) is 6.75. The van der Waals surface area contributed by atoms with Gasteiger partial charge in [0.15, 0.2) is 0 Å².